The smallest absolute Gasteiger partial charge is 0.142 e. The summed E-state index contributed by atoms with van der Waals surface area (Å²) in [5.41, 5.74) is 0. The van der Waals surface area contributed by atoms with E-state index in [-0.39, 0.29) is 0 Å². The molecular weight excluding hydrogens is 172 g/mol. The van der Waals surface area contributed by atoms with Crippen molar-refractivity contribution in [2.75, 3.05) is 0 Å². The molecule has 2 heterocycles. The Morgan fingerprint density at radius 2 is 2.50 bits per heavy atom. The second-order valence-electron chi connectivity index (χ2n) is 2.27. The van der Waals surface area contributed by atoms with Crippen LogP contribution in [-0.2, 0) is 4.79 Å². The highest BCUT2D eigenvalue weighted by Crippen LogP contribution is 2.17. The maximum atomic E-state index is 10.0. The van der Waals surface area contributed by atoms with E-state index in [0.717, 1.165) is 16.0 Å². The fourth-order valence-electron chi connectivity index (χ4n) is 0.964. The third-order valence-corrected chi connectivity index (χ3v) is 2.46. The first kappa shape index (κ1) is 7.24. The molecule has 0 amide bonds. The van der Waals surface area contributed by atoms with Crippen LogP contribution in [0.25, 0.3) is 10.9 Å². The highest BCUT2D eigenvalue weighted by Gasteiger charge is 1.96. The van der Waals surface area contributed by atoms with Crippen LogP contribution in [-0.4, -0.2) is 15.7 Å². The number of imidazole rings is 1. The molecule has 0 radical (unpaired) electrons. The van der Waals surface area contributed by atoms with Crippen LogP contribution in [0.4, 0.5) is 0 Å². The van der Waals surface area contributed by atoms with Gasteiger partial charge in [-0.25, -0.2) is 4.98 Å². The van der Waals surface area contributed by atoms with Gasteiger partial charge in [0.1, 0.15) is 11.1 Å². The van der Waals surface area contributed by atoms with Crippen LogP contribution in [0.2, 0.25) is 0 Å². The van der Waals surface area contributed by atoms with Gasteiger partial charge < -0.3 is 0 Å². The summed E-state index contributed by atoms with van der Waals surface area (Å²) in [6.07, 6.45) is 9.51. The summed E-state index contributed by atoms with van der Waals surface area (Å²) in [6.45, 7) is 0. The van der Waals surface area contributed by atoms with Crippen molar-refractivity contribution in [3.05, 3.63) is 29.7 Å². The second kappa shape index (κ2) is 2.91. The fraction of sp³-hybridized carbons (Fsp3) is 0. The number of rotatable bonds is 2. The van der Waals surface area contributed by atoms with Crippen molar-refractivity contribution in [2.45, 2.75) is 0 Å². The van der Waals surface area contributed by atoms with Crippen molar-refractivity contribution in [1.82, 2.24) is 9.38 Å². The van der Waals surface area contributed by atoms with Crippen molar-refractivity contribution in [2.24, 2.45) is 0 Å². The molecule has 0 saturated heterocycles. The quantitative estimate of drug-likeness (QED) is 0.517. The van der Waals surface area contributed by atoms with Gasteiger partial charge in [-0.15, -0.1) is 11.3 Å². The average Bonchev–Trinajstić information content (AvgIpc) is 2.58. The van der Waals surface area contributed by atoms with Crippen molar-refractivity contribution >= 4 is 28.5 Å². The summed E-state index contributed by atoms with van der Waals surface area (Å²) >= 11 is 1.60. The van der Waals surface area contributed by atoms with Gasteiger partial charge in [0, 0.05) is 11.1 Å². The number of fused-ring (bicyclic) bond motifs is 1. The Kier molecular flexibility index (Phi) is 1.75. The number of aldehydes is 1. The summed E-state index contributed by atoms with van der Waals surface area (Å²) in [7, 11) is 0. The maximum Gasteiger partial charge on any atom is 0.142 e. The topological polar surface area (TPSA) is 34.4 Å². The molecule has 4 heteroatoms. The molecule has 0 N–H and O–H groups in total. The number of hydrogen-bond acceptors (Lipinski definition) is 3. The Bertz CT molecular complexity index is 398. The molecule has 2 aromatic rings. The zero-order chi connectivity index (χ0) is 8.39. The zero-order valence-corrected chi connectivity index (χ0v) is 6.99. The van der Waals surface area contributed by atoms with Crippen LogP contribution in [0.1, 0.15) is 4.88 Å². The van der Waals surface area contributed by atoms with Crippen LogP contribution >= 0.6 is 11.3 Å². The Balaban J connectivity index is 2.44. The van der Waals surface area contributed by atoms with E-state index < -0.39 is 0 Å². The second-order valence-corrected chi connectivity index (χ2v) is 3.36. The number of allylic oxidation sites excluding steroid dienone is 1. The third-order valence-electron chi connectivity index (χ3n) is 1.46. The van der Waals surface area contributed by atoms with Gasteiger partial charge in [-0.3, -0.25) is 9.20 Å². The molecule has 60 valence electrons. The Hall–Kier alpha value is -1.42. The van der Waals surface area contributed by atoms with Crippen LogP contribution in [0.3, 0.4) is 0 Å². The molecule has 0 aliphatic carbocycles. The number of thiazole rings is 1. The summed E-state index contributed by atoms with van der Waals surface area (Å²) in [4.78, 5) is 16.1. The number of carbonyl (C=O) groups excluding carboxylic acids is 1. The number of nitrogens with zero attached hydrogens (tertiary/aromatic N) is 2. The van der Waals surface area contributed by atoms with Crippen LogP contribution < -0.4 is 0 Å². The lowest BCUT2D eigenvalue weighted by Gasteiger charge is -1.76. The van der Waals surface area contributed by atoms with E-state index in [9.17, 15) is 4.79 Å². The SMILES string of the molecule is O=CC=Cc1cn2cncc2s1. The molecule has 2 aromatic heterocycles. The largest absolute Gasteiger partial charge is 0.299 e. The summed E-state index contributed by atoms with van der Waals surface area (Å²) in [6, 6.07) is 0. The Labute approximate surface area is 73.0 Å². The lowest BCUT2D eigenvalue weighted by molar-refractivity contribution is -0.104. The molecule has 2 rings (SSSR count). The predicted molar refractivity (Wildman–Crippen MR) is 48.2 cm³/mol. The van der Waals surface area contributed by atoms with Gasteiger partial charge in [0.05, 0.1) is 12.5 Å². The van der Waals surface area contributed by atoms with E-state index in [1.165, 1.54) is 6.08 Å². The molecule has 0 fully saturated rings. The lowest BCUT2D eigenvalue weighted by Crippen LogP contribution is -1.69. The average molecular weight is 178 g/mol. The van der Waals surface area contributed by atoms with Gasteiger partial charge in [0.2, 0.25) is 0 Å². The monoisotopic (exact) mass is 178 g/mol. The van der Waals surface area contributed by atoms with Gasteiger partial charge in [-0.05, 0) is 12.2 Å². The molecule has 0 spiro atoms. The summed E-state index contributed by atoms with van der Waals surface area (Å²) < 4.78 is 1.93. The summed E-state index contributed by atoms with van der Waals surface area (Å²) in [5, 5.41) is 0. The first-order valence-corrected chi connectivity index (χ1v) is 4.25. The first-order chi connectivity index (χ1) is 5.90. The molecule has 0 aromatic carbocycles. The molecule has 0 bridgehead atoms. The van der Waals surface area contributed by atoms with Gasteiger partial charge in [0.15, 0.2) is 0 Å². The van der Waals surface area contributed by atoms with Crippen LogP contribution in [0, 0.1) is 0 Å². The van der Waals surface area contributed by atoms with Crippen molar-refractivity contribution in [3.8, 4) is 0 Å². The minimum absolute atomic E-state index is 0.771. The van der Waals surface area contributed by atoms with Crippen LogP contribution in [0.5, 0.6) is 0 Å². The van der Waals surface area contributed by atoms with E-state index in [2.05, 4.69) is 4.98 Å². The van der Waals surface area contributed by atoms with E-state index in [1.807, 2.05) is 10.6 Å². The fourth-order valence-corrected chi connectivity index (χ4v) is 1.84. The normalized spacial score (nSPS) is 11.3. The van der Waals surface area contributed by atoms with E-state index in [4.69, 9.17) is 0 Å². The predicted octanol–water partition coefficient (Wildman–Crippen LogP) is 1.61. The number of carbonyl (C=O) groups is 1. The summed E-state index contributed by atoms with van der Waals surface area (Å²) in [5.74, 6) is 0. The molecule has 3 nitrogen and oxygen atoms in total. The van der Waals surface area contributed by atoms with E-state index >= 15 is 0 Å². The lowest BCUT2D eigenvalue weighted by atomic mass is 10.5. The van der Waals surface area contributed by atoms with Gasteiger partial charge in [-0.1, -0.05) is 0 Å². The number of hydrogen-bond donors (Lipinski definition) is 0. The molecule has 0 unspecified atom stereocenters. The number of aromatic nitrogens is 2. The molecule has 0 aliphatic heterocycles. The molecule has 0 saturated carbocycles. The van der Waals surface area contributed by atoms with Crippen LogP contribution in [0.15, 0.2) is 24.8 Å². The van der Waals surface area contributed by atoms with E-state index in [1.54, 1.807) is 29.9 Å². The molecule has 0 aliphatic rings. The van der Waals surface area contributed by atoms with E-state index in [0.29, 0.717) is 0 Å². The Morgan fingerprint density at radius 1 is 1.58 bits per heavy atom. The first-order valence-electron chi connectivity index (χ1n) is 3.43. The molecular formula is C8H6N2OS. The van der Waals surface area contributed by atoms with Crippen molar-refractivity contribution in [1.29, 1.82) is 0 Å². The zero-order valence-electron chi connectivity index (χ0n) is 6.18. The molecule has 0 atom stereocenters. The third kappa shape index (κ3) is 1.16. The Morgan fingerprint density at radius 3 is 3.25 bits per heavy atom. The maximum absolute atomic E-state index is 10.0. The van der Waals surface area contributed by atoms with Crippen molar-refractivity contribution < 1.29 is 4.79 Å². The minimum atomic E-state index is 0.771. The molecule has 12 heavy (non-hydrogen) atoms. The minimum Gasteiger partial charge on any atom is -0.299 e. The highest BCUT2D eigenvalue weighted by atomic mass is 32.1. The standard InChI is InChI=1S/C8H6N2OS/c11-3-1-2-7-5-10-6-9-4-8(10)12-7/h1-6H. The van der Waals surface area contributed by atoms with Gasteiger partial charge in [0.25, 0.3) is 0 Å². The van der Waals surface area contributed by atoms with Gasteiger partial charge in [-0.2, -0.15) is 0 Å². The van der Waals surface area contributed by atoms with Gasteiger partial charge >= 0.3 is 0 Å². The highest BCUT2D eigenvalue weighted by molar-refractivity contribution is 7.18. The van der Waals surface area contributed by atoms with Crippen molar-refractivity contribution in [3.63, 3.8) is 0 Å².